The van der Waals surface area contributed by atoms with Crippen molar-refractivity contribution in [3.63, 3.8) is 0 Å². The van der Waals surface area contributed by atoms with E-state index >= 15 is 0 Å². The van der Waals surface area contributed by atoms with E-state index < -0.39 is 16.0 Å². The fourth-order valence-corrected chi connectivity index (χ4v) is 4.31. The highest BCUT2D eigenvalue weighted by Gasteiger charge is 2.22. The summed E-state index contributed by atoms with van der Waals surface area (Å²) in [6, 6.07) is 17.0. The summed E-state index contributed by atoms with van der Waals surface area (Å²) in [6.45, 7) is 7.63. The van der Waals surface area contributed by atoms with Gasteiger partial charge in [0.1, 0.15) is 5.75 Å². The number of aryl methyl sites for hydroxylation is 3. The van der Waals surface area contributed by atoms with Crippen LogP contribution >= 0.6 is 0 Å². The Kier molecular flexibility index (Phi) is 5.99. The Bertz CT molecular complexity index is 1200. The van der Waals surface area contributed by atoms with Crippen molar-refractivity contribution in [2.75, 3.05) is 11.4 Å². The first-order valence-corrected chi connectivity index (χ1v) is 11.0. The van der Waals surface area contributed by atoms with Gasteiger partial charge in [0, 0.05) is 7.05 Å². The lowest BCUT2D eigenvalue weighted by atomic mass is 10.0. The zero-order chi connectivity index (χ0) is 22.1. The number of rotatable bonds is 5. The van der Waals surface area contributed by atoms with Gasteiger partial charge < -0.3 is 4.74 Å². The van der Waals surface area contributed by atoms with Gasteiger partial charge in [-0.05, 0) is 92.4 Å². The van der Waals surface area contributed by atoms with Gasteiger partial charge in [0.15, 0.2) is 0 Å². The Morgan fingerprint density at radius 1 is 0.833 bits per heavy atom. The summed E-state index contributed by atoms with van der Waals surface area (Å²) in [4.78, 5) is 12.7. The van der Waals surface area contributed by atoms with Crippen LogP contribution in [0.4, 0.5) is 5.69 Å². The van der Waals surface area contributed by atoms with Gasteiger partial charge in [-0.2, -0.15) is 0 Å². The third kappa shape index (κ3) is 4.24. The fourth-order valence-electron chi connectivity index (χ4n) is 3.03. The number of hydrogen-bond acceptors (Lipinski definition) is 4. The van der Waals surface area contributed by atoms with Crippen molar-refractivity contribution in [2.45, 2.75) is 32.6 Å². The summed E-state index contributed by atoms with van der Waals surface area (Å²) in [5, 5.41) is 0. The topological polar surface area (TPSA) is 63.7 Å². The molecule has 3 aromatic carbocycles. The van der Waals surface area contributed by atoms with Crippen molar-refractivity contribution >= 4 is 21.7 Å². The molecule has 0 fully saturated rings. The summed E-state index contributed by atoms with van der Waals surface area (Å²) in [5.74, 6) is -0.0957. The van der Waals surface area contributed by atoms with Crippen LogP contribution < -0.4 is 9.04 Å². The molecular weight excluding hydrogens is 398 g/mol. The van der Waals surface area contributed by atoms with Crippen LogP contribution in [0.2, 0.25) is 0 Å². The Hall–Kier alpha value is -3.12. The molecule has 0 heterocycles. The number of sulfonamides is 1. The molecule has 156 valence electrons. The van der Waals surface area contributed by atoms with Gasteiger partial charge in [-0.3, -0.25) is 4.31 Å². The second kappa shape index (κ2) is 8.32. The number of esters is 1. The molecule has 0 N–H and O–H groups in total. The second-order valence-corrected chi connectivity index (χ2v) is 9.32. The largest absolute Gasteiger partial charge is 0.423 e. The molecule has 5 nitrogen and oxygen atoms in total. The van der Waals surface area contributed by atoms with E-state index in [-0.39, 0.29) is 4.90 Å². The Labute approximate surface area is 178 Å². The number of ether oxygens (including phenoxy) is 1. The summed E-state index contributed by atoms with van der Waals surface area (Å²) >= 11 is 0. The first-order chi connectivity index (χ1) is 14.1. The minimum absolute atomic E-state index is 0.235. The molecule has 0 aliphatic carbocycles. The highest BCUT2D eigenvalue weighted by Crippen LogP contribution is 2.26. The van der Waals surface area contributed by atoms with E-state index in [0.29, 0.717) is 17.0 Å². The van der Waals surface area contributed by atoms with E-state index in [4.69, 9.17) is 4.74 Å². The molecule has 3 aromatic rings. The highest BCUT2D eigenvalue weighted by atomic mass is 32.2. The smallest absolute Gasteiger partial charge is 0.343 e. The van der Waals surface area contributed by atoms with Crippen LogP contribution in [0, 0.1) is 27.7 Å². The number of benzene rings is 3. The molecule has 0 amide bonds. The average Bonchev–Trinajstić information content (AvgIpc) is 2.72. The quantitative estimate of drug-likeness (QED) is 0.430. The molecule has 0 unspecified atom stereocenters. The van der Waals surface area contributed by atoms with Crippen molar-refractivity contribution in [2.24, 2.45) is 0 Å². The van der Waals surface area contributed by atoms with E-state index in [9.17, 15) is 13.2 Å². The van der Waals surface area contributed by atoms with E-state index in [1.807, 2.05) is 39.8 Å². The number of hydrogen-bond donors (Lipinski definition) is 0. The first-order valence-electron chi connectivity index (χ1n) is 9.56. The predicted molar refractivity (Wildman–Crippen MR) is 119 cm³/mol. The van der Waals surface area contributed by atoms with Crippen LogP contribution in [0.5, 0.6) is 5.75 Å². The van der Waals surface area contributed by atoms with Gasteiger partial charge >= 0.3 is 5.97 Å². The third-order valence-electron chi connectivity index (χ3n) is 5.37. The summed E-state index contributed by atoms with van der Waals surface area (Å²) in [6.07, 6.45) is 0. The van der Waals surface area contributed by atoms with E-state index in [2.05, 4.69) is 0 Å². The zero-order valence-corrected chi connectivity index (χ0v) is 18.6. The van der Waals surface area contributed by atoms with Crippen LogP contribution in [0.25, 0.3) is 0 Å². The number of anilines is 1. The maximum Gasteiger partial charge on any atom is 0.343 e. The lowest BCUT2D eigenvalue weighted by molar-refractivity contribution is 0.0734. The van der Waals surface area contributed by atoms with Crippen molar-refractivity contribution in [1.82, 2.24) is 0 Å². The van der Waals surface area contributed by atoms with Crippen LogP contribution in [0.15, 0.2) is 65.6 Å². The lowest BCUT2D eigenvalue weighted by Gasteiger charge is -2.20. The number of carbonyl (C=O) groups excluding carboxylic acids is 1. The van der Waals surface area contributed by atoms with E-state index in [1.165, 1.54) is 11.4 Å². The van der Waals surface area contributed by atoms with Crippen molar-refractivity contribution < 1.29 is 17.9 Å². The van der Waals surface area contributed by atoms with Crippen LogP contribution in [0.1, 0.15) is 32.6 Å². The van der Waals surface area contributed by atoms with Crippen molar-refractivity contribution in [1.29, 1.82) is 0 Å². The second-order valence-electron chi connectivity index (χ2n) is 7.35. The Morgan fingerprint density at radius 3 is 2.13 bits per heavy atom. The van der Waals surface area contributed by atoms with Crippen LogP contribution in [-0.4, -0.2) is 21.4 Å². The van der Waals surface area contributed by atoms with Crippen molar-refractivity contribution in [3.05, 3.63) is 88.5 Å². The minimum atomic E-state index is -3.69. The number of nitrogens with zero attached hydrogens (tertiary/aromatic N) is 1. The molecule has 0 radical (unpaired) electrons. The monoisotopic (exact) mass is 423 g/mol. The Morgan fingerprint density at radius 2 is 1.50 bits per heavy atom. The SMILES string of the molecule is Cc1ccc(S(=O)(=O)N(C)c2ccc(OC(=O)c3cccc(C)c3C)cc2)cc1C. The molecule has 0 bridgehead atoms. The van der Waals surface area contributed by atoms with Crippen LogP contribution in [-0.2, 0) is 10.0 Å². The maximum atomic E-state index is 13.0. The molecule has 30 heavy (non-hydrogen) atoms. The molecule has 0 spiro atoms. The summed E-state index contributed by atoms with van der Waals surface area (Å²) < 4.78 is 32.6. The molecule has 0 saturated carbocycles. The molecule has 0 aromatic heterocycles. The average molecular weight is 424 g/mol. The number of carbonyl (C=O) groups is 1. The summed E-state index contributed by atoms with van der Waals surface area (Å²) in [5.41, 5.74) is 4.81. The lowest BCUT2D eigenvalue weighted by Crippen LogP contribution is -2.26. The normalized spacial score (nSPS) is 11.2. The zero-order valence-electron chi connectivity index (χ0n) is 17.8. The standard InChI is InChI=1S/C24H25NO4S/c1-16-9-14-22(15-18(16)3)30(27,28)25(5)20-10-12-21(13-11-20)29-24(26)23-8-6-7-17(2)19(23)4/h6-15H,1-5H3. The van der Waals surface area contributed by atoms with Gasteiger partial charge in [-0.1, -0.05) is 18.2 Å². The molecule has 6 heteroatoms. The van der Waals surface area contributed by atoms with E-state index in [0.717, 1.165) is 22.3 Å². The maximum absolute atomic E-state index is 13.0. The summed E-state index contributed by atoms with van der Waals surface area (Å²) in [7, 11) is -2.19. The van der Waals surface area contributed by atoms with Gasteiger partial charge in [0.25, 0.3) is 10.0 Å². The Balaban J connectivity index is 1.80. The fraction of sp³-hybridized carbons (Fsp3) is 0.208. The first kappa shape index (κ1) is 21.6. The van der Waals surface area contributed by atoms with Gasteiger partial charge in [-0.25, -0.2) is 13.2 Å². The van der Waals surface area contributed by atoms with Gasteiger partial charge in [-0.15, -0.1) is 0 Å². The molecule has 3 rings (SSSR count). The molecule has 0 aliphatic heterocycles. The van der Waals surface area contributed by atoms with Gasteiger partial charge in [0.2, 0.25) is 0 Å². The molecular formula is C24H25NO4S. The highest BCUT2D eigenvalue weighted by molar-refractivity contribution is 7.92. The van der Waals surface area contributed by atoms with Crippen molar-refractivity contribution in [3.8, 4) is 5.75 Å². The minimum Gasteiger partial charge on any atom is -0.423 e. The third-order valence-corrected chi connectivity index (χ3v) is 7.15. The predicted octanol–water partition coefficient (Wildman–Crippen LogP) is 4.96. The molecule has 0 saturated heterocycles. The van der Waals surface area contributed by atoms with Crippen LogP contribution in [0.3, 0.4) is 0 Å². The van der Waals surface area contributed by atoms with Gasteiger partial charge in [0.05, 0.1) is 16.1 Å². The molecule has 0 aliphatic rings. The molecule has 0 atom stereocenters. The van der Waals surface area contributed by atoms with E-state index in [1.54, 1.807) is 48.5 Å².